The molecule has 0 saturated carbocycles. The van der Waals surface area contributed by atoms with Crippen LogP contribution in [0.1, 0.15) is 0 Å². The van der Waals surface area contributed by atoms with E-state index in [1.807, 2.05) is 0 Å². The SMILES string of the molecule is NCC1CNC2C(N)NCNC12. The minimum atomic E-state index is 0.0628. The van der Waals surface area contributed by atoms with E-state index in [4.69, 9.17) is 11.5 Å². The van der Waals surface area contributed by atoms with Gasteiger partial charge in [0.2, 0.25) is 0 Å². The van der Waals surface area contributed by atoms with Gasteiger partial charge in [0.25, 0.3) is 0 Å². The molecule has 2 fully saturated rings. The van der Waals surface area contributed by atoms with Crippen molar-refractivity contribution < 1.29 is 0 Å². The summed E-state index contributed by atoms with van der Waals surface area (Å²) in [7, 11) is 0. The van der Waals surface area contributed by atoms with Crippen LogP contribution in [0.3, 0.4) is 0 Å². The van der Waals surface area contributed by atoms with Crippen LogP contribution < -0.4 is 27.4 Å². The third-order valence-corrected chi connectivity index (χ3v) is 2.88. The van der Waals surface area contributed by atoms with Crippen molar-refractivity contribution in [3.05, 3.63) is 0 Å². The molecule has 0 aromatic heterocycles. The standard InChI is InChI=1S/C7H17N5/c8-1-4-2-10-6-5(4)11-3-12-7(6)9/h4-7,10-12H,1-3,8-9H2. The van der Waals surface area contributed by atoms with E-state index in [2.05, 4.69) is 16.0 Å². The highest BCUT2D eigenvalue weighted by molar-refractivity contribution is 5.02. The van der Waals surface area contributed by atoms with Crippen LogP contribution in [0.15, 0.2) is 0 Å². The predicted molar refractivity (Wildman–Crippen MR) is 47.2 cm³/mol. The van der Waals surface area contributed by atoms with Gasteiger partial charge in [0.15, 0.2) is 0 Å². The smallest absolute Gasteiger partial charge is 0.0730 e. The maximum Gasteiger partial charge on any atom is 0.0730 e. The maximum absolute atomic E-state index is 5.88. The fourth-order valence-corrected chi connectivity index (χ4v) is 2.13. The molecule has 7 N–H and O–H groups in total. The van der Waals surface area contributed by atoms with Crippen molar-refractivity contribution in [2.45, 2.75) is 18.2 Å². The molecule has 4 unspecified atom stereocenters. The molecule has 0 bridgehead atoms. The van der Waals surface area contributed by atoms with Gasteiger partial charge in [0, 0.05) is 25.2 Å². The second-order valence-corrected chi connectivity index (χ2v) is 3.57. The first-order valence-corrected chi connectivity index (χ1v) is 4.48. The van der Waals surface area contributed by atoms with Gasteiger partial charge in [-0.05, 0) is 6.54 Å². The number of nitrogens with two attached hydrogens (primary N) is 2. The zero-order chi connectivity index (χ0) is 8.55. The molecule has 0 amide bonds. The normalized spacial score (nSPS) is 47.5. The average Bonchev–Trinajstić information content (AvgIpc) is 2.49. The van der Waals surface area contributed by atoms with Crippen LogP contribution in [0, 0.1) is 5.92 Å². The Hall–Kier alpha value is -0.200. The van der Waals surface area contributed by atoms with Crippen molar-refractivity contribution in [2.24, 2.45) is 17.4 Å². The van der Waals surface area contributed by atoms with Crippen molar-refractivity contribution in [3.8, 4) is 0 Å². The van der Waals surface area contributed by atoms with E-state index >= 15 is 0 Å². The quantitative estimate of drug-likeness (QED) is 0.297. The highest BCUT2D eigenvalue weighted by atomic mass is 15.3. The van der Waals surface area contributed by atoms with Crippen molar-refractivity contribution in [1.82, 2.24) is 16.0 Å². The summed E-state index contributed by atoms with van der Waals surface area (Å²) in [6.07, 6.45) is 0.0628. The Kier molecular flexibility index (Phi) is 2.29. The van der Waals surface area contributed by atoms with E-state index in [1.165, 1.54) is 0 Å². The Morgan fingerprint density at radius 1 is 1.17 bits per heavy atom. The number of hydrogen-bond acceptors (Lipinski definition) is 5. The Bertz CT molecular complexity index is 162. The summed E-state index contributed by atoms with van der Waals surface area (Å²) >= 11 is 0. The van der Waals surface area contributed by atoms with Crippen LogP contribution >= 0.6 is 0 Å². The van der Waals surface area contributed by atoms with E-state index in [9.17, 15) is 0 Å². The van der Waals surface area contributed by atoms with Gasteiger partial charge in [0.1, 0.15) is 0 Å². The molecule has 2 rings (SSSR count). The molecule has 2 aliphatic rings. The molecule has 0 spiro atoms. The van der Waals surface area contributed by atoms with E-state index < -0.39 is 0 Å². The Morgan fingerprint density at radius 3 is 2.75 bits per heavy atom. The number of hydrogen-bond donors (Lipinski definition) is 5. The van der Waals surface area contributed by atoms with Crippen LogP contribution in [-0.4, -0.2) is 38.0 Å². The predicted octanol–water partition coefficient (Wildman–Crippen LogP) is -2.66. The lowest BCUT2D eigenvalue weighted by Crippen LogP contribution is -2.66. The van der Waals surface area contributed by atoms with Gasteiger partial charge in [-0.2, -0.15) is 0 Å². The lowest BCUT2D eigenvalue weighted by molar-refractivity contribution is 0.258. The molecule has 4 atom stereocenters. The summed E-state index contributed by atoms with van der Waals surface area (Å²) in [6, 6.07) is 0.790. The summed E-state index contributed by atoms with van der Waals surface area (Å²) in [5.41, 5.74) is 11.5. The van der Waals surface area contributed by atoms with Crippen LogP contribution in [0.5, 0.6) is 0 Å². The molecule has 0 radical (unpaired) electrons. The third-order valence-electron chi connectivity index (χ3n) is 2.88. The van der Waals surface area contributed by atoms with Crippen molar-refractivity contribution in [2.75, 3.05) is 19.8 Å². The van der Waals surface area contributed by atoms with Gasteiger partial charge in [-0.1, -0.05) is 0 Å². The largest absolute Gasteiger partial charge is 0.330 e. The molecule has 2 heterocycles. The van der Waals surface area contributed by atoms with Crippen molar-refractivity contribution in [1.29, 1.82) is 0 Å². The molecule has 70 valence electrons. The summed E-state index contributed by atoms with van der Waals surface area (Å²) in [5.74, 6) is 0.531. The molecular weight excluding hydrogens is 154 g/mol. The molecule has 0 aliphatic carbocycles. The molecule has 2 saturated heterocycles. The molecule has 0 aromatic carbocycles. The molecule has 5 nitrogen and oxygen atoms in total. The van der Waals surface area contributed by atoms with Crippen LogP contribution in [0.25, 0.3) is 0 Å². The summed E-state index contributed by atoms with van der Waals surface area (Å²) < 4.78 is 0. The van der Waals surface area contributed by atoms with E-state index in [0.29, 0.717) is 18.0 Å². The highest BCUT2D eigenvalue weighted by Crippen LogP contribution is 2.16. The lowest BCUT2D eigenvalue weighted by atomic mass is 9.96. The Morgan fingerprint density at radius 2 is 2.00 bits per heavy atom. The van der Waals surface area contributed by atoms with E-state index in [1.54, 1.807) is 0 Å². The second-order valence-electron chi connectivity index (χ2n) is 3.57. The summed E-state index contributed by atoms with van der Waals surface area (Å²) in [5, 5.41) is 9.92. The highest BCUT2D eigenvalue weighted by Gasteiger charge is 2.40. The van der Waals surface area contributed by atoms with E-state index in [-0.39, 0.29) is 6.17 Å². The van der Waals surface area contributed by atoms with Crippen LogP contribution in [-0.2, 0) is 0 Å². The van der Waals surface area contributed by atoms with Gasteiger partial charge < -0.3 is 16.8 Å². The topological polar surface area (TPSA) is 88.1 Å². The molecule has 12 heavy (non-hydrogen) atoms. The van der Waals surface area contributed by atoms with Gasteiger partial charge in [-0.15, -0.1) is 0 Å². The zero-order valence-corrected chi connectivity index (χ0v) is 7.09. The average molecular weight is 171 g/mol. The molecule has 5 heteroatoms. The lowest BCUT2D eigenvalue weighted by Gasteiger charge is -2.34. The fraction of sp³-hybridized carbons (Fsp3) is 1.00. The Labute approximate surface area is 72.2 Å². The minimum Gasteiger partial charge on any atom is -0.330 e. The van der Waals surface area contributed by atoms with Crippen molar-refractivity contribution >= 4 is 0 Å². The minimum absolute atomic E-state index is 0.0628. The zero-order valence-electron chi connectivity index (χ0n) is 7.09. The maximum atomic E-state index is 5.88. The van der Waals surface area contributed by atoms with Gasteiger partial charge >= 0.3 is 0 Å². The first kappa shape index (κ1) is 8.40. The Balaban J connectivity index is 2.04. The first-order valence-electron chi connectivity index (χ1n) is 4.48. The van der Waals surface area contributed by atoms with Gasteiger partial charge in [-0.3, -0.25) is 10.6 Å². The van der Waals surface area contributed by atoms with E-state index in [0.717, 1.165) is 19.8 Å². The summed E-state index contributed by atoms with van der Waals surface area (Å²) in [6.45, 7) is 2.50. The monoisotopic (exact) mass is 171 g/mol. The number of fused-ring (bicyclic) bond motifs is 1. The number of nitrogens with one attached hydrogen (secondary N) is 3. The third kappa shape index (κ3) is 1.23. The van der Waals surface area contributed by atoms with Crippen LogP contribution in [0.2, 0.25) is 0 Å². The first-order chi connectivity index (χ1) is 5.83. The van der Waals surface area contributed by atoms with Gasteiger partial charge in [0.05, 0.1) is 12.2 Å². The van der Waals surface area contributed by atoms with Gasteiger partial charge in [-0.25, -0.2) is 0 Å². The molecular formula is C7H17N5. The second kappa shape index (κ2) is 3.27. The summed E-state index contributed by atoms with van der Waals surface area (Å²) in [4.78, 5) is 0. The van der Waals surface area contributed by atoms with Crippen LogP contribution in [0.4, 0.5) is 0 Å². The fourth-order valence-electron chi connectivity index (χ4n) is 2.13. The molecule has 2 aliphatic heterocycles. The number of rotatable bonds is 1. The molecule has 0 aromatic rings. The van der Waals surface area contributed by atoms with Crippen molar-refractivity contribution in [3.63, 3.8) is 0 Å².